The molecule has 5 nitrogen and oxygen atoms in total. The van der Waals surface area contributed by atoms with Crippen LogP contribution in [0.2, 0.25) is 0 Å². The lowest BCUT2D eigenvalue weighted by Crippen LogP contribution is -2.49. The summed E-state index contributed by atoms with van der Waals surface area (Å²) in [5, 5.41) is 0. The summed E-state index contributed by atoms with van der Waals surface area (Å²) < 4.78 is 38.7. The Morgan fingerprint density at radius 3 is 2.28 bits per heavy atom. The average Bonchev–Trinajstić information content (AvgIpc) is 2.79. The summed E-state index contributed by atoms with van der Waals surface area (Å²) in [7, 11) is 0. The number of nitrogens with zero attached hydrogens (tertiary/aromatic N) is 2. The highest BCUT2D eigenvalue weighted by atomic mass is 19.4. The molecule has 32 heavy (non-hydrogen) atoms. The molecule has 1 aliphatic rings. The Morgan fingerprint density at radius 2 is 1.62 bits per heavy atom. The molecule has 0 spiro atoms. The molecule has 2 aromatic carbocycles. The van der Waals surface area contributed by atoms with Gasteiger partial charge in [0, 0.05) is 38.4 Å². The Kier molecular flexibility index (Phi) is 6.14. The van der Waals surface area contributed by atoms with Gasteiger partial charge >= 0.3 is 6.18 Å². The van der Waals surface area contributed by atoms with E-state index < -0.39 is 17.3 Å². The van der Waals surface area contributed by atoms with Gasteiger partial charge in [0.25, 0.3) is 11.5 Å². The van der Waals surface area contributed by atoms with E-state index in [4.69, 9.17) is 0 Å². The number of carbonyl (C=O) groups is 1. The molecule has 0 saturated carbocycles. The van der Waals surface area contributed by atoms with Crippen molar-refractivity contribution < 1.29 is 18.0 Å². The van der Waals surface area contributed by atoms with Crippen LogP contribution in [0, 0.1) is 0 Å². The number of H-pyrrole nitrogens is 1. The molecule has 1 amide bonds. The van der Waals surface area contributed by atoms with Crippen LogP contribution in [0.4, 0.5) is 13.2 Å². The molecule has 0 aliphatic carbocycles. The van der Waals surface area contributed by atoms with Crippen molar-refractivity contribution in [3.63, 3.8) is 0 Å². The number of benzene rings is 2. The van der Waals surface area contributed by atoms with Crippen molar-refractivity contribution in [3.8, 4) is 11.3 Å². The maximum absolute atomic E-state index is 12.9. The largest absolute Gasteiger partial charge is 0.416 e. The SMILES string of the molecule is O=C(c1ccc(-c2ccccc2)[nH]c1=O)N1CCN(Cc2cccc(C(F)(F)F)c2)CC1. The van der Waals surface area contributed by atoms with Crippen LogP contribution in [0.15, 0.2) is 71.5 Å². The quantitative estimate of drug-likeness (QED) is 0.666. The maximum Gasteiger partial charge on any atom is 0.416 e. The second-order valence-electron chi connectivity index (χ2n) is 7.75. The van der Waals surface area contributed by atoms with E-state index in [2.05, 4.69) is 4.98 Å². The van der Waals surface area contributed by atoms with Gasteiger partial charge in [0.1, 0.15) is 5.56 Å². The third-order valence-corrected chi connectivity index (χ3v) is 5.54. The van der Waals surface area contributed by atoms with Crippen molar-refractivity contribution in [2.45, 2.75) is 12.7 Å². The third-order valence-electron chi connectivity index (χ3n) is 5.54. The van der Waals surface area contributed by atoms with Crippen molar-refractivity contribution in [1.82, 2.24) is 14.8 Å². The lowest BCUT2D eigenvalue weighted by Gasteiger charge is -2.34. The number of alkyl halides is 3. The first-order valence-electron chi connectivity index (χ1n) is 10.3. The summed E-state index contributed by atoms with van der Waals surface area (Å²) in [6.45, 7) is 2.21. The van der Waals surface area contributed by atoms with Crippen molar-refractivity contribution in [1.29, 1.82) is 0 Å². The van der Waals surface area contributed by atoms with Gasteiger partial charge in [-0.05, 0) is 29.3 Å². The van der Waals surface area contributed by atoms with E-state index >= 15 is 0 Å². The van der Waals surface area contributed by atoms with Gasteiger partial charge in [-0.1, -0.05) is 48.5 Å². The monoisotopic (exact) mass is 441 g/mol. The highest BCUT2D eigenvalue weighted by Crippen LogP contribution is 2.29. The second-order valence-corrected chi connectivity index (χ2v) is 7.75. The van der Waals surface area contributed by atoms with Crippen molar-refractivity contribution >= 4 is 5.91 Å². The highest BCUT2D eigenvalue weighted by Gasteiger charge is 2.30. The Morgan fingerprint density at radius 1 is 0.906 bits per heavy atom. The summed E-state index contributed by atoms with van der Waals surface area (Å²) in [4.78, 5) is 31.7. The molecule has 0 unspecified atom stereocenters. The van der Waals surface area contributed by atoms with Crippen LogP contribution in [0.3, 0.4) is 0 Å². The standard InChI is InChI=1S/C24H22F3N3O2/c25-24(26,27)19-8-4-5-17(15-19)16-29-11-13-30(14-12-29)23(32)20-9-10-21(28-22(20)31)18-6-2-1-3-7-18/h1-10,15H,11-14,16H2,(H,28,31). The Balaban J connectivity index is 1.38. The van der Waals surface area contributed by atoms with E-state index in [1.54, 1.807) is 23.1 Å². The van der Waals surface area contributed by atoms with Crippen LogP contribution in [-0.4, -0.2) is 46.9 Å². The predicted molar refractivity (Wildman–Crippen MR) is 115 cm³/mol. The number of aromatic amines is 1. The lowest BCUT2D eigenvalue weighted by molar-refractivity contribution is -0.137. The third kappa shape index (κ3) is 4.91. The fourth-order valence-electron chi connectivity index (χ4n) is 3.81. The van der Waals surface area contributed by atoms with E-state index in [0.717, 1.165) is 17.7 Å². The first-order chi connectivity index (χ1) is 15.3. The van der Waals surface area contributed by atoms with Crippen LogP contribution in [0.25, 0.3) is 11.3 Å². The molecular formula is C24H22F3N3O2. The minimum absolute atomic E-state index is 0.0796. The van der Waals surface area contributed by atoms with Crippen molar-refractivity contribution in [2.24, 2.45) is 0 Å². The van der Waals surface area contributed by atoms with E-state index in [1.165, 1.54) is 6.07 Å². The maximum atomic E-state index is 12.9. The summed E-state index contributed by atoms with van der Waals surface area (Å²) in [6, 6.07) is 17.9. The van der Waals surface area contributed by atoms with E-state index in [-0.39, 0.29) is 11.5 Å². The number of hydrogen-bond donors (Lipinski definition) is 1. The number of amides is 1. The molecule has 1 fully saturated rings. The topological polar surface area (TPSA) is 56.4 Å². The Hall–Kier alpha value is -3.39. The highest BCUT2D eigenvalue weighted by molar-refractivity contribution is 5.94. The molecular weight excluding hydrogens is 419 g/mol. The van der Waals surface area contributed by atoms with Gasteiger partial charge in [-0.25, -0.2) is 0 Å². The normalized spacial score (nSPS) is 15.0. The van der Waals surface area contributed by atoms with Gasteiger partial charge in [-0.3, -0.25) is 14.5 Å². The van der Waals surface area contributed by atoms with E-state index in [9.17, 15) is 22.8 Å². The number of aromatic nitrogens is 1. The first-order valence-corrected chi connectivity index (χ1v) is 10.3. The smallest absolute Gasteiger partial charge is 0.336 e. The second kappa shape index (κ2) is 9.00. The van der Waals surface area contributed by atoms with E-state index in [1.807, 2.05) is 35.2 Å². The predicted octanol–water partition coefficient (Wildman–Crippen LogP) is 4.02. The fourth-order valence-corrected chi connectivity index (χ4v) is 3.81. The zero-order chi connectivity index (χ0) is 22.7. The zero-order valence-corrected chi connectivity index (χ0v) is 17.2. The van der Waals surface area contributed by atoms with Crippen molar-refractivity contribution in [3.05, 3.63) is 93.8 Å². The molecule has 1 aliphatic heterocycles. The minimum Gasteiger partial charge on any atom is -0.336 e. The molecule has 0 radical (unpaired) electrons. The van der Waals surface area contributed by atoms with Crippen LogP contribution in [-0.2, 0) is 12.7 Å². The molecule has 0 bridgehead atoms. The van der Waals surface area contributed by atoms with Crippen LogP contribution < -0.4 is 5.56 Å². The number of carbonyl (C=O) groups excluding carboxylic acids is 1. The fraction of sp³-hybridized carbons (Fsp3) is 0.250. The molecule has 2 heterocycles. The molecule has 1 N–H and O–H groups in total. The summed E-state index contributed by atoms with van der Waals surface area (Å²) in [6.07, 6.45) is -4.37. The Labute approximate surface area is 183 Å². The number of nitrogens with one attached hydrogen (secondary N) is 1. The first kappa shape index (κ1) is 21.8. The Bertz CT molecular complexity index is 1150. The zero-order valence-electron chi connectivity index (χ0n) is 17.2. The van der Waals surface area contributed by atoms with Gasteiger partial charge in [0.05, 0.1) is 5.56 Å². The van der Waals surface area contributed by atoms with Gasteiger partial charge < -0.3 is 9.88 Å². The lowest BCUT2D eigenvalue weighted by atomic mass is 10.1. The minimum atomic E-state index is -4.37. The van der Waals surface area contributed by atoms with Gasteiger partial charge in [0.2, 0.25) is 0 Å². The van der Waals surface area contributed by atoms with Crippen molar-refractivity contribution in [2.75, 3.05) is 26.2 Å². The molecule has 166 valence electrons. The number of pyridine rings is 1. The number of piperazine rings is 1. The molecule has 1 saturated heterocycles. The van der Waals surface area contributed by atoms with Crippen LogP contribution >= 0.6 is 0 Å². The molecule has 8 heteroatoms. The van der Waals surface area contributed by atoms with Gasteiger partial charge in [0.15, 0.2) is 0 Å². The molecule has 0 atom stereocenters. The van der Waals surface area contributed by atoms with Crippen LogP contribution in [0.1, 0.15) is 21.5 Å². The average molecular weight is 441 g/mol. The van der Waals surface area contributed by atoms with Gasteiger partial charge in [-0.15, -0.1) is 0 Å². The number of rotatable bonds is 4. The summed E-state index contributed by atoms with van der Waals surface area (Å²) in [5.74, 6) is -0.343. The molecule has 3 aromatic rings. The summed E-state index contributed by atoms with van der Waals surface area (Å²) in [5.41, 5.74) is 1.04. The number of hydrogen-bond acceptors (Lipinski definition) is 3. The number of halogens is 3. The summed E-state index contributed by atoms with van der Waals surface area (Å²) >= 11 is 0. The van der Waals surface area contributed by atoms with Gasteiger partial charge in [-0.2, -0.15) is 13.2 Å². The van der Waals surface area contributed by atoms with Crippen LogP contribution in [0.5, 0.6) is 0 Å². The van der Waals surface area contributed by atoms with E-state index in [0.29, 0.717) is 44.0 Å². The molecule has 4 rings (SSSR count). The molecule has 1 aromatic heterocycles.